The molecule has 0 atom stereocenters. The summed E-state index contributed by atoms with van der Waals surface area (Å²) in [4.78, 5) is -0.0406. The number of benzene rings is 2. The van der Waals surface area contributed by atoms with E-state index in [1.54, 1.807) is 13.0 Å². The van der Waals surface area contributed by atoms with Crippen LogP contribution in [0.5, 0.6) is 0 Å². The second-order valence-corrected chi connectivity index (χ2v) is 6.71. The quantitative estimate of drug-likeness (QED) is 0.916. The maximum Gasteiger partial charge on any atom is 0.262 e. The van der Waals surface area contributed by atoms with Crippen molar-refractivity contribution in [3.63, 3.8) is 0 Å². The highest BCUT2D eigenvalue weighted by atomic mass is 32.2. The summed E-state index contributed by atoms with van der Waals surface area (Å²) in [6.45, 7) is 2.50. The predicted octanol–water partition coefficient (Wildman–Crippen LogP) is 2.90. The van der Waals surface area contributed by atoms with Crippen LogP contribution >= 0.6 is 0 Å². The molecule has 0 bridgehead atoms. The van der Waals surface area contributed by atoms with E-state index < -0.39 is 15.8 Å². The highest BCUT2D eigenvalue weighted by molar-refractivity contribution is 7.92. The van der Waals surface area contributed by atoms with Gasteiger partial charge in [-0.1, -0.05) is 6.07 Å². The van der Waals surface area contributed by atoms with E-state index in [-0.39, 0.29) is 4.90 Å². The molecule has 2 aromatic rings. The molecule has 0 unspecified atom stereocenters. The van der Waals surface area contributed by atoms with Crippen LogP contribution in [0.2, 0.25) is 0 Å². The molecule has 21 heavy (non-hydrogen) atoms. The van der Waals surface area contributed by atoms with Gasteiger partial charge in [0.2, 0.25) is 0 Å². The molecular weight excluding hydrogens is 291 g/mol. The number of nitrogens with one attached hydrogen (secondary N) is 2. The van der Waals surface area contributed by atoms with Gasteiger partial charge in [-0.15, -0.1) is 0 Å². The highest BCUT2D eigenvalue weighted by Gasteiger charge is 2.19. The molecular formula is C15H15FN2O2S. The van der Waals surface area contributed by atoms with E-state index in [9.17, 15) is 12.8 Å². The second kappa shape index (κ2) is 5.04. The fourth-order valence-corrected chi connectivity index (χ4v) is 3.75. The lowest BCUT2D eigenvalue weighted by Crippen LogP contribution is -2.14. The summed E-state index contributed by atoms with van der Waals surface area (Å²) in [5.41, 5.74) is 3.10. The zero-order valence-corrected chi connectivity index (χ0v) is 12.3. The van der Waals surface area contributed by atoms with Crippen molar-refractivity contribution in [3.8, 4) is 0 Å². The van der Waals surface area contributed by atoms with Crippen molar-refractivity contribution in [1.82, 2.24) is 0 Å². The number of fused-ring (bicyclic) bond motifs is 1. The van der Waals surface area contributed by atoms with Crippen LogP contribution in [-0.2, 0) is 16.4 Å². The third kappa shape index (κ3) is 2.71. The number of anilines is 2. The molecule has 0 aliphatic carbocycles. The summed E-state index contributed by atoms with van der Waals surface area (Å²) in [5, 5.41) is 3.21. The van der Waals surface area contributed by atoms with Crippen LogP contribution in [0.3, 0.4) is 0 Å². The number of rotatable bonds is 3. The standard InChI is InChI=1S/C15H15FN2O2S/c1-10-2-3-12(16)9-15(10)21(19,20)18-13-4-5-14-11(8-13)6-7-17-14/h2-5,8-9,17-18H,6-7H2,1H3. The van der Waals surface area contributed by atoms with Gasteiger partial charge in [-0.2, -0.15) is 0 Å². The monoisotopic (exact) mass is 306 g/mol. The minimum Gasteiger partial charge on any atom is -0.384 e. The first-order valence-electron chi connectivity index (χ1n) is 6.61. The summed E-state index contributed by atoms with van der Waals surface area (Å²) in [6.07, 6.45) is 0.865. The Labute approximate surface area is 123 Å². The smallest absolute Gasteiger partial charge is 0.262 e. The molecule has 0 radical (unpaired) electrons. The second-order valence-electron chi connectivity index (χ2n) is 5.06. The van der Waals surface area contributed by atoms with Crippen molar-refractivity contribution in [2.24, 2.45) is 0 Å². The summed E-state index contributed by atoms with van der Waals surface area (Å²) in [6, 6.07) is 9.09. The van der Waals surface area contributed by atoms with Gasteiger partial charge in [-0.05, 0) is 54.8 Å². The lowest BCUT2D eigenvalue weighted by Gasteiger charge is -2.11. The lowest BCUT2D eigenvalue weighted by atomic mass is 10.1. The van der Waals surface area contributed by atoms with E-state index in [2.05, 4.69) is 10.0 Å². The molecule has 4 nitrogen and oxygen atoms in total. The molecule has 110 valence electrons. The molecule has 6 heteroatoms. The fraction of sp³-hybridized carbons (Fsp3) is 0.200. The number of halogens is 1. The molecule has 0 aromatic heterocycles. The van der Waals surface area contributed by atoms with Crippen molar-refractivity contribution in [1.29, 1.82) is 0 Å². The minimum atomic E-state index is -3.79. The van der Waals surface area contributed by atoms with Gasteiger partial charge in [0, 0.05) is 17.9 Å². The largest absolute Gasteiger partial charge is 0.384 e. The van der Waals surface area contributed by atoms with Gasteiger partial charge >= 0.3 is 0 Å². The molecule has 1 heterocycles. The van der Waals surface area contributed by atoms with Gasteiger partial charge in [0.15, 0.2) is 0 Å². The Balaban J connectivity index is 1.94. The number of aryl methyl sites for hydroxylation is 1. The zero-order valence-electron chi connectivity index (χ0n) is 11.5. The molecule has 0 spiro atoms. The number of hydrogen-bond donors (Lipinski definition) is 2. The van der Waals surface area contributed by atoms with Gasteiger partial charge in [0.25, 0.3) is 10.0 Å². The van der Waals surface area contributed by atoms with Crippen molar-refractivity contribution in [2.75, 3.05) is 16.6 Å². The minimum absolute atomic E-state index is 0.0406. The highest BCUT2D eigenvalue weighted by Crippen LogP contribution is 2.27. The van der Waals surface area contributed by atoms with E-state index in [0.29, 0.717) is 11.3 Å². The van der Waals surface area contributed by atoms with Crippen LogP contribution in [0.15, 0.2) is 41.3 Å². The van der Waals surface area contributed by atoms with Crippen LogP contribution in [0, 0.1) is 12.7 Å². The van der Waals surface area contributed by atoms with E-state index in [1.807, 2.05) is 12.1 Å². The molecule has 3 rings (SSSR count). The van der Waals surface area contributed by atoms with Crippen LogP contribution in [0.1, 0.15) is 11.1 Å². The van der Waals surface area contributed by atoms with Crippen LogP contribution in [0.4, 0.5) is 15.8 Å². The Morgan fingerprint density at radius 1 is 1.19 bits per heavy atom. The van der Waals surface area contributed by atoms with Gasteiger partial charge in [0.1, 0.15) is 5.82 Å². The molecule has 1 aliphatic heterocycles. The Morgan fingerprint density at radius 3 is 2.81 bits per heavy atom. The third-order valence-corrected chi connectivity index (χ3v) is 5.03. The SMILES string of the molecule is Cc1ccc(F)cc1S(=O)(=O)Nc1ccc2c(c1)CCN2. The predicted molar refractivity (Wildman–Crippen MR) is 80.6 cm³/mol. The van der Waals surface area contributed by atoms with Gasteiger partial charge in [0.05, 0.1) is 4.90 Å². The van der Waals surface area contributed by atoms with Gasteiger partial charge < -0.3 is 5.32 Å². The van der Waals surface area contributed by atoms with Crippen molar-refractivity contribution in [2.45, 2.75) is 18.2 Å². The van der Waals surface area contributed by atoms with Gasteiger partial charge in [-0.3, -0.25) is 4.72 Å². The Kier molecular flexibility index (Phi) is 3.33. The third-order valence-electron chi connectivity index (χ3n) is 3.51. The summed E-state index contributed by atoms with van der Waals surface area (Å²) in [7, 11) is -3.79. The Bertz CT molecular complexity index is 803. The normalized spacial score (nSPS) is 13.6. The van der Waals surface area contributed by atoms with Gasteiger partial charge in [-0.25, -0.2) is 12.8 Å². The van der Waals surface area contributed by atoms with Crippen molar-refractivity contribution in [3.05, 3.63) is 53.3 Å². The molecule has 0 saturated carbocycles. The first-order chi connectivity index (χ1) is 9.95. The molecule has 0 amide bonds. The van der Waals surface area contributed by atoms with Crippen LogP contribution in [0.25, 0.3) is 0 Å². The Hall–Kier alpha value is -2.08. The maximum atomic E-state index is 13.3. The van der Waals surface area contributed by atoms with Crippen molar-refractivity contribution < 1.29 is 12.8 Å². The van der Waals surface area contributed by atoms with Crippen LogP contribution in [-0.4, -0.2) is 15.0 Å². The van der Waals surface area contributed by atoms with E-state index in [4.69, 9.17) is 0 Å². The Morgan fingerprint density at radius 2 is 2.00 bits per heavy atom. The molecule has 0 fully saturated rings. The summed E-state index contributed by atoms with van der Waals surface area (Å²) < 4.78 is 40.6. The molecule has 2 aromatic carbocycles. The first kappa shape index (κ1) is 13.9. The fourth-order valence-electron chi connectivity index (χ4n) is 2.44. The topological polar surface area (TPSA) is 58.2 Å². The van der Waals surface area contributed by atoms with Crippen molar-refractivity contribution >= 4 is 21.4 Å². The number of hydrogen-bond acceptors (Lipinski definition) is 3. The average Bonchev–Trinajstić information content (AvgIpc) is 2.88. The average molecular weight is 306 g/mol. The zero-order chi connectivity index (χ0) is 15.0. The van der Waals surface area contributed by atoms with E-state index in [1.165, 1.54) is 12.1 Å². The molecule has 2 N–H and O–H groups in total. The summed E-state index contributed by atoms with van der Waals surface area (Å²) >= 11 is 0. The molecule has 0 saturated heterocycles. The molecule has 1 aliphatic rings. The lowest BCUT2D eigenvalue weighted by molar-refractivity contribution is 0.594. The van der Waals surface area contributed by atoms with E-state index >= 15 is 0 Å². The van der Waals surface area contributed by atoms with Crippen LogP contribution < -0.4 is 10.0 Å². The summed E-state index contributed by atoms with van der Waals surface area (Å²) in [5.74, 6) is -0.570. The maximum absolute atomic E-state index is 13.3. The number of sulfonamides is 1. The first-order valence-corrected chi connectivity index (χ1v) is 8.10. The van der Waals surface area contributed by atoms with E-state index in [0.717, 1.165) is 30.3 Å².